The van der Waals surface area contributed by atoms with Gasteiger partial charge >= 0.3 is 0 Å². The Bertz CT molecular complexity index is 901. The van der Waals surface area contributed by atoms with Crippen molar-refractivity contribution in [3.8, 4) is 11.5 Å². The summed E-state index contributed by atoms with van der Waals surface area (Å²) >= 11 is 0. The first-order valence-electron chi connectivity index (χ1n) is 8.70. The van der Waals surface area contributed by atoms with Gasteiger partial charge < -0.3 is 19.4 Å². The van der Waals surface area contributed by atoms with Gasteiger partial charge in [0.1, 0.15) is 11.5 Å². The van der Waals surface area contributed by atoms with Crippen LogP contribution in [0.4, 0.5) is 0 Å². The molecule has 5 heteroatoms. The predicted octanol–water partition coefficient (Wildman–Crippen LogP) is 3.78. The number of amides is 1. The molecule has 0 fully saturated rings. The van der Waals surface area contributed by atoms with E-state index in [1.165, 1.54) is 0 Å². The molecule has 26 heavy (non-hydrogen) atoms. The number of methoxy groups -OCH3 is 2. The number of ether oxygens (including phenoxy) is 2. The van der Waals surface area contributed by atoms with Gasteiger partial charge in [0.15, 0.2) is 0 Å². The summed E-state index contributed by atoms with van der Waals surface area (Å²) in [5.74, 6) is 1.67. The van der Waals surface area contributed by atoms with Crippen LogP contribution in [0.15, 0.2) is 48.7 Å². The fraction of sp³-hybridized carbons (Fsp3) is 0.286. The number of nitrogens with one attached hydrogen (secondary N) is 1. The minimum absolute atomic E-state index is 0.0853. The van der Waals surface area contributed by atoms with Gasteiger partial charge in [-0.25, -0.2) is 0 Å². The van der Waals surface area contributed by atoms with Gasteiger partial charge in [0.25, 0.3) is 0 Å². The molecule has 3 aromatic rings. The molecular formula is C21H24N2O3. The molecule has 1 amide bonds. The lowest BCUT2D eigenvalue weighted by molar-refractivity contribution is -0.130. The summed E-state index contributed by atoms with van der Waals surface area (Å²) in [6, 6.07) is 13.6. The number of aromatic amines is 1. The summed E-state index contributed by atoms with van der Waals surface area (Å²) in [6.07, 6.45) is 2.25. The fourth-order valence-electron chi connectivity index (χ4n) is 3.12. The van der Waals surface area contributed by atoms with E-state index in [2.05, 4.69) is 4.98 Å². The van der Waals surface area contributed by atoms with Crippen molar-refractivity contribution in [1.29, 1.82) is 0 Å². The maximum Gasteiger partial charge on any atom is 0.227 e. The summed E-state index contributed by atoms with van der Waals surface area (Å²) in [4.78, 5) is 18.0. The topological polar surface area (TPSA) is 54.6 Å². The zero-order valence-electron chi connectivity index (χ0n) is 15.4. The van der Waals surface area contributed by atoms with Gasteiger partial charge in [-0.05, 0) is 36.8 Å². The third kappa shape index (κ3) is 3.67. The van der Waals surface area contributed by atoms with Crippen LogP contribution in [-0.4, -0.2) is 36.6 Å². The Morgan fingerprint density at radius 3 is 2.62 bits per heavy atom. The highest BCUT2D eigenvalue weighted by atomic mass is 16.5. The maximum absolute atomic E-state index is 12.9. The summed E-state index contributed by atoms with van der Waals surface area (Å²) in [6.45, 7) is 3.17. The molecular weight excluding hydrogens is 328 g/mol. The van der Waals surface area contributed by atoms with Gasteiger partial charge in [0, 0.05) is 35.8 Å². The molecule has 136 valence electrons. The maximum atomic E-state index is 12.9. The highest BCUT2D eigenvalue weighted by Crippen LogP contribution is 2.25. The van der Waals surface area contributed by atoms with Crippen LogP contribution in [0.5, 0.6) is 11.5 Å². The number of carbonyl (C=O) groups excluding carboxylic acids is 1. The summed E-state index contributed by atoms with van der Waals surface area (Å²) < 4.78 is 10.7. The Hall–Kier alpha value is -2.95. The number of hydrogen-bond donors (Lipinski definition) is 1. The van der Waals surface area contributed by atoms with Crippen LogP contribution in [0, 0.1) is 0 Å². The molecule has 0 aliphatic rings. The molecule has 0 saturated heterocycles. The molecule has 0 unspecified atom stereocenters. The van der Waals surface area contributed by atoms with Crippen LogP contribution in [0.25, 0.3) is 10.9 Å². The van der Waals surface area contributed by atoms with Gasteiger partial charge in [-0.2, -0.15) is 0 Å². The van der Waals surface area contributed by atoms with Crippen LogP contribution in [0.3, 0.4) is 0 Å². The van der Waals surface area contributed by atoms with Crippen LogP contribution in [0.1, 0.15) is 18.1 Å². The fourth-order valence-corrected chi connectivity index (χ4v) is 3.12. The number of carbonyl (C=O) groups is 1. The number of benzene rings is 2. The molecule has 1 heterocycles. The van der Waals surface area contributed by atoms with E-state index in [9.17, 15) is 4.79 Å². The number of likely N-dealkylation sites (N-methyl/N-ethyl adjacent to an activating group) is 1. The van der Waals surface area contributed by atoms with E-state index < -0.39 is 0 Å². The van der Waals surface area contributed by atoms with E-state index in [0.717, 1.165) is 33.5 Å². The van der Waals surface area contributed by atoms with Crippen molar-refractivity contribution in [3.05, 3.63) is 59.8 Å². The van der Waals surface area contributed by atoms with Crippen molar-refractivity contribution in [3.63, 3.8) is 0 Å². The van der Waals surface area contributed by atoms with Crippen LogP contribution >= 0.6 is 0 Å². The second-order valence-electron chi connectivity index (χ2n) is 6.12. The minimum Gasteiger partial charge on any atom is -0.497 e. The summed E-state index contributed by atoms with van der Waals surface area (Å²) in [7, 11) is 3.29. The quantitative estimate of drug-likeness (QED) is 0.704. The number of H-pyrrole nitrogens is 1. The lowest BCUT2D eigenvalue weighted by Gasteiger charge is -2.22. The Kier molecular flexibility index (Phi) is 5.46. The number of rotatable bonds is 7. The lowest BCUT2D eigenvalue weighted by Crippen LogP contribution is -2.31. The van der Waals surface area contributed by atoms with E-state index in [1.54, 1.807) is 14.2 Å². The first-order chi connectivity index (χ1) is 12.7. The van der Waals surface area contributed by atoms with Crippen molar-refractivity contribution >= 4 is 16.8 Å². The molecule has 3 rings (SSSR count). The minimum atomic E-state index is 0.0853. The molecule has 0 spiro atoms. The van der Waals surface area contributed by atoms with Crippen molar-refractivity contribution < 1.29 is 14.3 Å². The first-order valence-corrected chi connectivity index (χ1v) is 8.70. The van der Waals surface area contributed by atoms with E-state index in [4.69, 9.17) is 9.47 Å². The number of para-hydroxylation sites is 1. The second-order valence-corrected chi connectivity index (χ2v) is 6.12. The van der Waals surface area contributed by atoms with Crippen molar-refractivity contribution in [2.75, 3.05) is 20.8 Å². The third-order valence-electron chi connectivity index (χ3n) is 4.60. The Morgan fingerprint density at radius 2 is 1.88 bits per heavy atom. The largest absolute Gasteiger partial charge is 0.497 e. The zero-order valence-corrected chi connectivity index (χ0v) is 15.4. The van der Waals surface area contributed by atoms with Crippen molar-refractivity contribution in [2.45, 2.75) is 19.9 Å². The highest BCUT2D eigenvalue weighted by molar-refractivity contribution is 5.89. The molecule has 2 aromatic carbocycles. The number of fused-ring (bicyclic) bond motifs is 1. The average molecular weight is 352 g/mol. The molecule has 0 bridgehead atoms. The second kappa shape index (κ2) is 7.95. The zero-order chi connectivity index (χ0) is 18.5. The normalized spacial score (nSPS) is 10.7. The molecule has 0 aliphatic heterocycles. The smallest absolute Gasteiger partial charge is 0.227 e. The third-order valence-corrected chi connectivity index (χ3v) is 4.60. The Morgan fingerprint density at radius 1 is 1.08 bits per heavy atom. The van der Waals surface area contributed by atoms with Crippen LogP contribution in [0.2, 0.25) is 0 Å². The molecule has 1 aromatic heterocycles. The Labute approximate surface area is 153 Å². The predicted molar refractivity (Wildman–Crippen MR) is 103 cm³/mol. The lowest BCUT2D eigenvalue weighted by atomic mass is 10.1. The Balaban J connectivity index is 1.79. The average Bonchev–Trinajstić information content (AvgIpc) is 3.08. The van der Waals surface area contributed by atoms with E-state index in [0.29, 0.717) is 19.5 Å². The van der Waals surface area contributed by atoms with Gasteiger partial charge in [-0.3, -0.25) is 4.79 Å². The van der Waals surface area contributed by atoms with Gasteiger partial charge in [-0.15, -0.1) is 0 Å². The van der Waals surface area contributed by atoms with Crippen LogP contribution in [-0.2, 0) is 17.8 Å². The molecule has 0 radical (unpaired) electrons. The number of nitrogens with zero attached hydrogens (tertiary/aromatic N) is 1. The van der Waals surface area contributed by atoms with Crippen molar-refractivity contribution in [2.24, 2.45) is 0 Å². The van der Waals surface area contributed by atoms with E-state index >= 15 is 0 Å². The van der Waals surface area contributed by atoms with E-state index in [-0.39, 0.29) is 5.91 Å². The number of hydrogen-bond acceptors (Lipinski definition) is 3. The van der Waals surface area contributed by atoms with Gasteiger partial charge in [0.05, 0.1) is 20.6 Å². The van der Waals surface area contributed by atoms with Crippen LogP contribution < -0.4 is 9.47 Å². The summed E-state index contributed by atoms with van der Waals surface area (Å²) in [5.41, 5.74) is 2.98. The monoisotopic (exact) mass is 352 g/mol. The summed E-state index contributed by atoms with van der Waals surface area (Å²) in [5, 5.41) is 1.02. The van der Waals surface area contributed by atoms with Gasteiger partial charge in [-0.1, -0.05) is 18.2 Å². The highest BCUT2D eigenvalue weighted by Gasteiger charge is 2.17. The van der Waals surface area contributed by atoms with E-state index in [1.807, 2.05) is 60.5 Å². The molecule has 1 N–H and O–H groups in total. The molecule has 0 atom stereocenters. The molecule has 0 saturated carbocycles. The van der Waals surface area contributed by atoms with Gasteiger partial charge in [0.2, 0.25) is 5.91 Å². The molecule has 0 aliphatic carbocycles. The molecule has 5 nitrogen and oxygen atoms in total. The SMILES string of the molecule is CCN(Cc1ccccc1OC)C(=O)Cc1c[nH]c2ccc(OC)cc12. The standard InChI is InChI=1S/C21H24N2O3/c1-4-23(14-15-7-5-6-8-20(15)26-3)21(24)11-16-13-22-19-10-9-17(25-2)12-18(16)19/h5-10,12-13,22H,4,11,14H2,1-3H3. The van der Waals surface area contributed by atoms with Crippen molar-refractivity contribution in [1.82, 2.24) is 9.88 Å². The number of aromatic nitrogens is 1. The first kappa shape index (κ1) is 17.9.